The van der Waals surface area contributed by atoms with E-state index >= 15 is 0 Å². The van der Waals surface area contributed by atoms with E-state index in [-0.39, 0.29) is 13.4 Å². The number of nitrogens with one attached hydrogen (secondary N) is 1. The normalized spacial score (nSPS) is 12.0. The molecule has 2 aromatic rings. The molecule has 0 unspecified atom stereocenters. The number of nitrogens with two attached hydrogens (primary N) is 1. The van der Waals surface area contributed by atoms with Gasteiger partial charge in [0.25, 0.3) is 11.8 Å². The predicted octanol–water partition coefficient (Wildman–Crippen LogP) is 1.05. The summed E-state index contributed by atoms with van der Waals surface area (Å²) >= 11 is 0. The SMILES string of the molecule is COc1cc(/C=N\NC(=O)c2ccc3c(c2)OCO3)ccc1OCC(N)=O. The quantitative estimate of drug-likeness (QED) is 0.554. The van der Waals surface area contributed by atoms with E-state index in [2.05, 4.69) is 10.5 Å². The zero-order valence-corrected chi connectivity index (χ0v) is 14.4. The summed E-state index contributed by atoms with van der Waals surface area (Å²) in [6.07, 6.45) is 1.45. The van der Waals surface area contributed by atoms with Crippen molar-refractivity contribution in [1.82, 2.24) is 5.43 Å². The first-order chi connectivity index (χ1) is 13.1. The van der Waals surface area contributed by atoms with E-state index in [1.165, 1.54) is 13.3 Å². The maximum Gasteiger partial charge on any atom is 0.271 e. The van der Waals surface area contributed by atoms with Crippen LogP contribution in [0.2, 0.25) is 0 Å². The van der Waals surface area contributed by atoms with Gasteiger partial charge in [0.05, 0.1) is 13.3 Å². The molecule has 0 bridgehead atoms. The molecule has 1 aliphatic rings. The smallest absolute Gasteiger partial charge is 0.271 e. The summed E-state index contributed by atoms with van der Waals surface area (Å²) in [5.41, 5.74) is 8.53. The first-order valence-electron chi connectivity index (χ1n) is 7.89. The fourth-order valence-corrected chi connectivity index (χ4v) is 2.30. The Morgan fingerprint density at radius 1 is 1.19 bits per heavy atom. The number of carbonyl (C=O) groups excluding carboxylic acids is 2. The van der Waals surface area contributed by atoms with E-state index in [1.54, 1.807) is 36.4 Å². The third-order valence-corrected chi connectivity index (χ3v) is 3.57. The molecule has 2 amide bonds. The van der Waals surface area contributed by atoms with Crippen molar-refractivity contribution in [1.29, 1.82) is 0 Å². The summed E-state index contributed by atoms with van der Waals surface area (Å²) in [6.45, 7) is -0.116. The Morgan fingerprint density at radius 3 is 2.78 bits per heavy atom. The molecule has 3 rings (SSSR count). The molecule has 0 fully saturated rings. The Kier molecular flexibility index (Phi) is 5.41. The molecule has 1 aliphatic heterocycles. The number of hydrazone groups is 1. The lowest BCUT2D eigenvalue weighted by atomic mass is 10.2. The molecule has 3 N–H and O–H groups in total. The molecule has 0 saturated carbocycles. The van der Waals surface area contributed by atoms with E-state index in [9.17, 15) is 9.59 Å². The summed E-state index contributed by atoms with van der Waals surface area (Å²) in [6, 6.07) is 9.81. The van der Waals surface area contributed by atoms with Crippen LogP contribution in [0.1, 0.15) is 15.9 Å². The zero-order chi connectivity index (χ0) is 19.2. The van der Waals surface area contributed by atoms with E-state index in [0.717, 1.165) is 0 Å². The van der Waals surface area contributed by atoms with Crippen molar-refractivity contribution < 1.29 is 28.5 Å². The third kappa shape index (κ3) is 4.46. The number of hydrogen-bond acceptors (Lipinski definition) is 7. The highest BCUT2D eigenvalue weighted by atomic mass is 16.7. The van der Waals surface area contributed by atoms with Crippen LogP contribution in [0.4, 0.5) is 0 Å². The highest BCUT2D eigenvalue weighted by molar-refractivity contribution is 5.95. The molecule has 0 radical (unpaired) electrons. The van der Waals surface area contributed by atoms with Crippen molar-refractivity contribution in [3.8, 4) is 23.0 Å². The molecular weight excluding hydrogens is 354 g/mol. The molecule has 0 aliphatic carbocycles. The molecule has 0 aromatic heterocycles. The number of hydrogen-bond donors (Lipinski definition) is 2. The van der Waals surface area contributed by atoms with Crippen LogP contribution in [0.25, 0.3) is 0 Å². The largest absolute Gasteiger partial charge is 0.493 e. The lowest BCUT2D eigenvalue weighted by Crippen LogP contribution is -2.20. The van der Waals surface area contributed by atoms with Crippen molar-refractivity contribution in [3.63, 3.8) is 0 Å². The van der Waals surface area contributed by atoms with Crippen LogP contribution in [0.15, 0.2) is 41.5 Å². The molecule has 0 spiro atoms. The second kappa shape index (κ2) is 8.09. The topological polar surface area (TPSA) is 121 Å². The van der Waals surface area contributed by atoms with Gasteiger partial charge in [0, 0.05) is 5.56 Å². The Labute approximate surface area is 154 Å². The predicted molar refractivity (Wildman–Crippen MR) is 95.3 cm³/mol. The number of methoxy groups -OCH3 is 1. The van der Waals surface area contributed by atoms with Gasteiger partial charge in [-0.1, -0.05) is 0 Å². The second-order valence-corrected chi connectivity index (χ2v) is 5.43. The van der Waals surface area contributed by atoms with Gasteiger partial charge in [0.15, 0.2) is 29.6 Å². The van der Waals surface area contributed by atoms with Gasteiger partial charge in [-0.15, -0.1) is 0 Å². The molecule has 27 heavy (non-hydrogen) atoms. The van der Waals surface area contributed by atoms with Crippen molar-refractivity contribution >= 4 is 18.0 Å². The summed E-state index contributed by atoms with van der Waals surface area (Å²) in [7, 11) is 1.47. The van der Waals surface area contributed by atoms with Crippen LogP contribution in [0.5, 0.6) is 23.0 Å². The Balaban J connectivity index is 1.63. The number of fused-ring (bicyclic) bond motifs is 1. The van der Waals surface area contributed by atoms with Gasteiger partial charge in [-0.25, -0.2) is 5.43 Å². The van der Waals surface area contributed by atoms with Crippen LogP contribution in [0, 0.1) is 0 Å². The maximum atomic E-state index is 12.2. The zero-order valence-electron chi connectivity index (χ0n) is 14.4. The molecule has 0 atom stereocenters. The number of ether oxygens (including phenoxy) is 4. The van der Waals surface area contributed by atoms with Gasteiger partial charge in [-0.2, -0.15) is 5.10 Å². The third-order valence-electron chi connectivity index (χ3n) is 3.57. The van der Waals surface area contributed by atoms with Crippen molar-refractivity contribution in [3.05, 3.63) is 47.5 Å². The van der Waals surface area contributed by atoms with E-state index < -0.39 is 11.8 Å². The minimum atomic E-state index is -0.589. The number of benzene rings is 2. The van der Waals surface area contributed by atoms with Gasteiger partial charge in [-0.3, -0.25) is 9.59 Å². The number of carbonyl (C=O) groups is 2. The molecule has 9 nitrogen and oxygen atoms in total. The van der Waals surface area contributed by atoms with Gasteiger partial charge < -0.3 is 24.7 Å². The molecule has 1 heterocycles. The van der Waals surface area contributed by atoms with Crippen molar-refractivity contribution in [2.45, 2.75) is 0 Å². The van der Waals surface area contributed by atoms with Crippen LogP contribution in [-0.4, -0.2) is 38.5 Å². The second-order valence-electron chi connectivity index (χ2n) is 5.43. The average molecular weight is 371 g/mol. The lowest BCUT2D eigenvalue weighted by Gasteiger charge is -2.09. The van der Waals surface area contributed by atoms with Crippen LogP contribution < -0.4 is 30.1 Å². The van der Waals surface area contributed by atoms with E-state index in [4.69, 9.17) is 24.7 Å². The first kappa shape index (κ1) is 18.1. The van der Waals surface area contributed by atoms with Crippen molar-refractivity contribution in [2.24, 2.45) is 10.8 Å². The Morgan fingerprint density at radius 2 is 2.00 bits per heavy atom. The lowest BCUT2D eigenvalue weighted by molar-refractivity contribution is -0.119. The minimum absolute atomic E-state index is 0.138. The van der Waals surface area contributed by atoms with E-state index in [0.29, 0.717) is 34.1 Å². The summed E-state index contributed by atoms with van der Waals surface area (Å²) in [4.78, 5) is 23.0. The summed E-state index contributed by atoms with van der Waals surface area (Å²) in [5, 5.41) is 3.92. The fourth-order valence-electron chi connectivity index (χ4n) is 2.30. The molecular formula is C18H17N3O6. The standard InChI is InChI=1S/C18H17N3O6/c1-24-15-6-11(2-4-13(15)25-9-17(19)22)8-20-21-18(23)12-3-5-14-16(7-12)27-10-26-14/h2-8H,9-10H2,1H3,(H2,19,22)(H,21,23)/b20-8-. The molecule has 9 heteroatoms. The number of primary amides is 1. The van der Waals surface area contributed by atoms with Gasteiger partial charge >= 0.3 is 0 Å². The number of nitrogens with zero attached hydrogens (tertiary/aromatic N) is 1. The van der Waals surface area contributed by atoms with E-state index in [1.807, 2.05) is 0 Å². The molecule has 0 saturated heterocycles. The Bertz CT molecular complexity index is 897. The maximum absolute atomic E-state index is 12.2. The highest BCUT2D eigenvalue weighted by Crippen LogP contribution is 2.32. The Hall–Kier alpha value is -3.75. The van der Waals surface area contributed by atoms with Gasteiger partial charge in [0.2, 0.25) is 6.79 Å². The van der Waals surface area contributed by atoms with Gasteiger partial charge in [0.1, 0.15) is 0 Å². The van der Waals surface area contributed by atoms with Crippen molar-refractivity contribution in [2.75, 3.05) is 20.5 Å². The summed E-state index contributed by atoms with van der Waals surface area (Å²) < 4.78 is 20.9. The summed E-state index contributed by atoms with van der Waals surface area (Å²) in [5.74, 6) is 0.913. The fraction of sp³-hybridized carbons (Fsp3) is 0.167. The average Bonchev–Trinajstić information content (AvgIpc) is 3.14. The van der Waals surface area contributed by atoms with Crippen LogP contribution >= 0.6 is 0 Å². The molecule has 2 aromatic carbocycles. The molecule has 140 valence electrons. The minimum Gasteiger partial charge on any atom is -0.493 e. The van der Waals surface area contributed by atoms with Gasteiger partial charge in [-0.05, 0) is 42.0 Å². The van der Waals surface area contributed by atoms with Crippen LogP contribution in [-0.2, 0) is 4.79 Å². The highest BCUT2D eigenvalue weighted by Gasteiger charge is 2.15. The monoisotopic (exact) mass is 371 g/mol. The first-order valence-corrected chi connectivity index (χ1v) is 7.89. The van der Waals surface area contributed by atoms with Crippen LogP contribution in [0.3, 0.4) is 0 Å². The number of amides is 2. The number of rotatable bonds is 7.